The van der Waals surface area contributed by atoms with Crippen LogP contribution in [0.1, 0.15) is 32.3 Å². The Kier molecular flexibility index (Phi) is 6.64. The molecule has 6 rings (SSSR count). The molecular formula is C29H32N8O3. The fourth-order valence-corrected chi connectivity index (χ4v) is 5.30. The Balaban J connectivity index is 1.17. The van der Waals surface area contributed by atoms with Gasteiger partial charge in [-0.1, -0.05) is 0 Å². The van der Waals surface area contributed by atoms with Gasteiger partial charge in [0.1, 0.15) is 18.0 Å². The van der Waals surface area contributed by atoms with Crippen LogP contribution in [0.25, 0.3) is 16.6 Å². The van der Waals surface area contributed by atoms with Crippen molar-refractivity contribution < 1.29 is 14.6 Å². The smallest absolute Gasteiger partial charge is 0.233 e. The molecule has 0 bridgehead atoms. The summed E-state index contributed by atoms with van der Waals surface area (Å²) in [6.45, 7) is 6.88. The van der Waals surface area contributed by atoms with Crippen molar-refractivity contribution >= 4 is 17.0 Å². The number of nitrogens with zero attached hydrogens (tertiary/aromatic N) is 8. The largest absolute Gasteiger partial charge is 0.480 e. The Morgan fingerprint density at radius 2 is 1.77 bits per heavy atom. The van der Waals surface area contributed by atoms with E-state index in [0.717, 1.165) is 67.2 Å². The Labute approximate surface area is 232 Å². The quantitative estimate of drug-likeness (QED) is 0.373. The van der Waals surface area contributed by atoms with Gasteiger partial charge in [-0.05, 0) is 32.0 Å². The number of hydrogen-bond acceptors (Lipinski definition) is 10. The van der Waals surface area contributed by atoms with E-state index in [1.165, 1.54) is 0 Å². The van der Waals surface area contributed by atoms with Crippen molar-refractivity contribution in [2.75, 3.05) is 43.1 Å². The van der Waals surface area contributed by atoms with Crippen molar-refractivity contribution in [3.63, 3.8) is 0 Å². The monoisotopic (exact) mass is 540 g/mol. The molecule has 0 aliphatic carbocycles. The molecule has 0 amide bonds. The first kappa shape index (κ1) is 25.8. The topological polar surface area (TPSA) is 125 Å². The summed E-state index contributed by atoms with van der Waals surface area (Å²) < 4.78 is 12.8. The normalized spacial score (nSPS) is 16.6. The molecule has 11 nitrogen and oxygen atoms in total. The molecule has 4 aromatic heterocycles. The number of ether oxygens (including phenoxy) is 2. The molecule has 2 fully saturated rings. The van der Waals surface area contributed by atoms with Gasteiger partial charge in [0.05, 0.1) is 41.9 Å². The summed E-state index contributed by atoms with van der Waals surface area (Å²) in [4.78, 5) is 9.28. The number of aromatic nitrogens is 5. The van der Waals surface area contributed by atoms with Gasteiger partial charge in [0.2, 0.25) is 11.8 Å². The Morgan fingerprint density at radius 3 is 2.40 bits per heavy atom. The van der Waals surface area contributed by atoms with Gasteiger partial charge in [-0.3, -0.25) is 0 Å². The van der Waals surface area contributed by atoms with E-state index in [4.69, 9.17) is 14.5 Å². The molecule has 1 N–H and O–H groups in total. The lowest BCUT2D eigenvalue weighted by Crippen LogP contribution is -2.55. The SMILES string of the molecule is COc1ccc(OC2CCN(c3ccc(-c4cc(N5CC(C(C)(C)O)C5)cn5ncc(C#N)c45)cn3)CC2)nn1. The number of pyridine rings is 2. The summed E-state index contributed by atoms with van der Waals surface area (Å²) in [5, 5.41) is 32.6. The fraction of sp³-hybridized carbons (Fsp3) is 0.414. The first-order valence-electron chi connectivity index (χ1n) is 13.5. The number of piperidine rings is 1. The van der Waals surface area contributed by atoms with Crippen LogP contribution in [0.15, 0.2) is 48.9 Å². The third kappa shape index (κ3) is 4.98. The maximum atomic E-state index is 10.4. The highest BCUT2D eigenvalue weighted by atomic mass is 16.5. The second kappa shape index (κ2) is 10.3. The molecule has 0 radical (unpaired) electrons. The molecule has 0 spiro atoms. The van der Waals surface area contributed by atoms with Gasteiger partial charge >= 0.3 is 0 Å². The molecule has 206 valence electrons. The minimum absolute atomic E-state index is 0.0676. The second-order valence-corrected chi connectivity index (χ2v) is 11.0. The van der Waals surface area contributed by atoms with E-state index in [-0.39, 0.29) is 12.0 Å². The number of nitriles is 1. The lowest BCUT2D eigenvalue weighted by molar-refractivity contribution is 0.00457. The van der Waals surface area contributed by atoms with Crippen LogP contribution in [-0.4, -0.2) is 74.9 Å². The molecule has 0 aromatic carbocycles. The van der Waals surface area contributed by atoms with E-state index in [1.54, 1.807) is 30.0 Å². The Hall–Kier alpha value is -4.43. The van der Waals surface area contributed by atoms with E-state index in [1.807, 2.05) is 32.3 Å². The van der Waals surface area contributed by atoms with Crippen LogP contribution in [0.4, 0.5) is 11.5 Å². The third-order valence-corrected chi connectivity index (χ3v) is 7.90. The Morgan fingerprint density at radius 1 is 1.02 bits per heavy atom. The molecule has 0 unspecified atom stereocenters. The molecule has 11 heteroatoms. The van der Waals surface area contributed by atoms with Crippen LogP contribution >= 0.6 is 0 Å². The molecule has 2 aliphatic heterocycles. The predicted molar refractivity (Wildman–Crippen MR) is 150 cm³/mol. The Bertz CT molecular complexity index is 1530. The van der Waals surface area contributed by atoms with Crippen molar-refractivity contribution in [3.8, 4) is 29.0 Å². The molecule has 2 saturated heterocycles. The number of hydrogen-bond donors (Lipinski definition) is 1. The average molecular weight is 541 g/mol. The standard InChI is InChI=1S/C29H32N8O3/c1-29(2,38)21-16-36(17-21)22-12-24(28-20(13-30)15-32-37(28)18-22)19-4-5-25(31-14-19)35-10-8-23(9-11-35)40-27-7-6-26(39-3)33-34-27/h4-7,12,14-15,18,21,23,38H,8-11,16-17H2,1-3H3. The highest BCUT2D eigenvalue weighted by Crippen LogP contribution is 2.36. The predicted octanol–water partition coefficient (Wildman–Crippen LogP) is 3.32. The fourth-order valence-electron chi connectivity index (χ4n) is 5.30. The molecule has 40 heavy (non-hydrogen) atoms. The number of anilines is 2. The van der Waals surface area contributed by atoms with Crippen molar-refractivity contribution in [2.24, 2.45) is 5.92 Å². The van der Waals surface area contributed by atoms with Gasteiger partial charge in [0.25, 0.3) is 0 Å². The van der Waals surface area contributed by atoms with Crippen LogP contribution in [0, 0.1) is 17.2 Å². The van der Waals surface area contributed by atoms with E-state index >= 15 is 0 Å². The van der Waals surface area contributed by atoms with Gasteiger partial charge < -0.3 is 24.4 Å². The van der Waals surface area contributed by atoms with Crippen molar-refractivity contribution in [3.05, 3.63) is 54.5 Å². The van der Waals surface area contributed by atoms with Gasteiger partial charge in [0.15, 0.2) is 0 Å². The number of fused-ring (bicyclic) bond motifs is 1. The first-order chi connectivity index (χ1) is 19.3. The van der Waals surface area contributed by atoms with Crippen LogP contribution in [0.3, 0.4) is 0 Å². The third-order valence-electron chi connectivity index (χ3n) is 7.90. The minimum atomic E-state index is -0.715. The van der Waals surface area contributed by atoms with E-state index in [2.05, 4.69) is 43.3 Å². The second-order valence-electron chi connectivity index (χ2n) is 11.0. The van der Waals surface area contributed by atoms with E-state index < -0.39 is 5.60 Å². The van der Waals surface area contributed by atoms with Crippen molar-refractivity contribution in [1.29, 1.82) is 5.26 Å². The van der Waals surface area contributed by atoms with Crippen LogP contribution in [0.2, 0.25) is 0 Å². The van der Waals surface area contributed by atoms with E-state index in [0.29, 0.717) is 17.3 Å². The highest BCUT2D eigenvalue weighted by Gasteiger charge is 2.38. The zero-order valence-corrected chi connectivity index (χ0v) is 22.9. The summed E-state index contributed by atoms with van der Waals surface area (Å²) in [5.74, 6) is 2.07. The number of rotatable bonds is 7. The summed E-state index contributed by atoms with van der Waals surface area (Å²) in [6, 6.07) is 12.0. The van der Waals surface area contributed by atoms with Gasteiger partial charge in [-0.2, -0.15) is 10.4 Å². The highest BCUT2D eigenvalue weighted by molar-refractivity contribution is 5.86. The molecule has 0 atom stereocenters. The molecular weight excluding hydrogens is 508 g/mol. The molecule has 2 aliphatic rings. The van der Waals surface area contributed by atoms with Gasteiger partial charge in [-0.15, -0.1) is 10.2 Å². The summed E-state index contributed by atoms with van der Waals surface area (Å²) >= 11 is 0. The summed E-state index contributed by atoms with van der Waals surface area (Å²) in [6.07, 6.45) is 7.19. The molecule has 4 aromatic rings. The van der Waals surface area contributed by atoms with Crippen LogP contribution < -0.4 is 19.3 Å². The summed E-state index contributed by atoms with van der Waals surface area (Å²) in [5.41, 5.74) is 3.40. The van der Waals surface area contributed by atoms with Crippen LogP contribution in [-0.2, 0) is 0 Å². The maximum absolute atomic E-state index is 10.4. The average Bonchev–Trinajstić information content (AvgIpc) is 3.35. The number of methoxy groups -OCH3 is 1. The van der Waals surface area contributed by atoms with Gasteiger partial charge in [-0.25, -0.2) is 9.50 Å². The minimum Gasteiger partial charge on any atom is -0.480 e. The van der Waals surface area contributed by atoms with Crippen molar-refractivity contribution in [1.82, 2.24) is 24.8 Å². The lowest BCUT2D eigenvalue weighted by atomic mass is 9.84. The van der Waals surface area contributed by atoms with Crippen molar-refractivity contribution in [2.45, 2.75) is 38.4 Å². The first-order valence-corrected chi connectivity index (χ1v) is 13.5. The van der Waals surface area contributed by atoms with Crippen LogP contribution in [0.5, 0.6) is 11.8 Å². The maximum Gasteiger partial charge on any atom is 0.233 e. The van der Waals surface area contributed by atoms with Gasteiger partial charge in [0, 0.05) is 74.4 Å². The lowest BCUT2D eigenvalue weighted by Gasteiger charge is -2.46. The number of aliphatic hydroxyl groups is 1. The molecule has 6 heterocycles. The zero-order chi connectivity index (χ0) is 27.9. The van der Waals surface area contributed by atoms with E-state index in [9.17, 15) is 10.4 Å². The summed E-state index contributed by atoms with van der Waals surface area (Å²) in [7, 11) is 1.56. The zero-order valence-electron chi connectivity index (χ0n) is 22.9. The molecule has 0 saturated carbocycles.